The van der Waals surface area contributed by atoms with Gasteiger partial charge in [0.15, 0.2) is 11.5 Å². The van der Waals surface area contributed by atoms with Gasteiger partial charge in [0, 0.05) is 28.3 Å². The van der Waals surface area contributed by atoms with E-state index in [1.165, 1.54) is 0 Å². The van der Waals surface area contributed by atoms with E-state index in [0.717, 1.165) is 22.2 Å². The molecule has 0 spiro atoms. The van der Waals surface area contributed by atoms with Crippen LogP contribution in [-0.2, 0) is 0 Å². The molecule has 1 aromatic heterocycles. The molecule has 0 bridgehead atoms. The summed E-state index contributed by atoms with van der Waals surface area (Å²) in [6.45, 7) is 1.85. The maximum atomic E-state index is 12.5. The number of hydrogen-bond acceptors (Lipinski definition) is 5. The number of ether oxygens (including phenoxy) is 2. The highest BCUT2D eigenvalue weighted by Gasteiger charge is 2.14. The van der Waals surface area contributed by atoms with Crippen LogP contribution in [0, 0.1) is 6.92 Å². The number of methoxy groups -OCH3 is 2. The second kappa shape index (κ2) is 8.21. The lowest BCUT2D eigenvalue weighted by atomic mass is 10.0. The Morgan fingerprint density at radius 2 is 1.60 bits per heavy atom. The zero-order valence-corrected chi connectivity index (χ0v) is 17.0. The summed E-state index contributed by atoms with van der Waals surface area (Å²) in [6, 6.07) is 20.4. The van der Waals surface area contributed by atoms with Crippen molar-refractivity contribution in [1.82, 2.24) is 9.97 Å². The molecule has 0 aliphatic rings. The van der Waals surface area contributed by atoms with Gasteiger partial charge in [-0.15, -0.1) is 0 Å². The number of anilines is 1. The third-order valence-corrected chi connectivity index (χ3v) is 4.74. The second-order valence-electron chi connectivity index (χ2n) is 6.74. The third kappa shape index (κ3) is 3.80. The average Bonchev–Trinajstić information content (AvgIpc) is 2.78. The Kier molecular flexibility index (Phi) is 5.30. The van der Waals surface area contributed by atoms with E-state index >= 15 is 0 Å². The molecule has 4 rings (SSSR count). The molecule has 0 saturated carbocycles. The molecule has 0 fully saturated rings. The fraction of sp³-hybridized carbons (Fsp3) is 0.125. The smallest absolute Gasteiger partial charge is 0.255 e. The van der Waals surface area contributed by atoms with Gasteiger partial charge in [0.2, 0.25) is 0 Å². The Bertz CT molecular complexity index is 1220. The molecule has 1 heterocycles. The lowest BCUT2D eigenvalue weighted by Gasteiger charge is -2.13. The lowest BCUT2D eigenvalue weighted by molar-refractivity contribution is 0.102. The molecule has 6 heteroatoms. The van der Waals surface area contributed by atoms with E-state index in [0.29, 0.717) is 28.6 Å². The maximum absolute atomic E-state index is 12.5. The predicted molar refractivity (Wildman–Crippen MR) is 117 cm³/mol. The van der Waals surface area contributed by atoms with Crippen LogP contribution in [0.5, 0.6) is 11.5 Å². The number of hydrogen-bond donors (Lipinski definition) is 1. The van der Waals surface area contributed by atoms with Crippen LogP contribution < -0.4 is 14.8 Å². The minimum atomic E-state index is -0.164. The molecule has 0 atom stereocenters. The van der Waals surface area contributed by atoms with Gasteiger partial charge in [-0.05, 0) is 37.3 Å². The number of carbonyl (C=O) groups is 1. The molecule has 150 valence electrons. The molecule has 3 aromatic carbocycles. The molecule has 0 aliphatic heterocycles. The molecule has 0 saturated heterocycles. The van der Waals surface area contributed by atoms with Gasteiger partial charge < -0.3 is 14.8 Å². The van der Waals surface area contributed by atoms with Crippen molar-refractivity contribution in [3.63, 3.8) is 0 Å². The normalized spacial score (nSPS) is 10.6. The molecule has 6 nitrogen and oxygen atoms in total. The number of nitrogens with one attached hydrogen (secondary N) is 1. The standard InChI is InChI=1S/C24H21N3O3/c1-15-25-20-14-22(30-3)21(29-2)13-19(20)23(26-15)17-10-7-11-18(12-17)27-24(28)16-8-5-4-6-9-16/h4-14H,1-3H3,(H,27,28). The summed E-state index contributed by atoms with van der Waals surface area (Å²) in [7, 11) is 3.19. The number of benzene rings is 3. The number of aryl methyl sites for hydroxylation is 1. The Labute approximate surface area is 174 Å². The molecule has 4 aromatic rings. The summed E-state index contributed by atoms with van der Waals surface area (Å²) in [6.07, 6.45) is 0. The van der Waals surface area contributed by atoms with Gasteiger partial charge in [0.25, 0.3) is 5.91 Å². The van der Waals surface area contributed by atoms with E-state index in [1.54, 1.807) is 26.4 Å². The van der Waals surface area contributed by atoms with Crippen molar-refractivity contribution in [3.8, 4) is 22.8 Å². The summed E-state index contributed by atoms with van der Waals surface area (Å²) in [5.74, 6) is 1.69. The summed E-state index contributed by atoms with van der Waals surface area (Å²) in [5, 5.41) is 3.78. The van der Waals surface area contributed by atoms with Gasteiger partial charge in [-0.25, -0.2) is 9.97 Å². The Morgan fingerprint density at radius 3 is 2.33 bits per heavy atom. The number of fused-ring (bicyclic) bond motifs is 1. The molecule has 0 radical (unpaired) electrons. The fourth-order valence-electron chi connectivity index (χ4n) is 3.33. The number of amides is 1. The summed E-state index contributed by atoms with van der Waals surface area (Å²) in [5.41, 5.74) is 3.67. The van der Waals surface area contributed by atoms with Crippen LogP contribution in [0.1, 0.15) is 16.2 Å². The Morgan fingerprint density at radius 1 is 0.867 bits per heavy atom. The van der Waals surface area contributed by atoms with Crippen molar-refractivity contribution < 1.29 is 14.3 Å². The molecule has 1 amide bonds. The van der Waals surface area contributed by atoms with E-state index in [9.17, 15) is 4.79 Å². The number of carbonyl (C=O) groups excluding carboxylic acids is 1. The average molecular weight is 399 g/mol. The van der Waals surface area contributed by atoms with Crippen molar-refractivity contribution in [2.24, 2.45) is 0 Å². The van der Waals surface area contributed by atoms with E-state index in [2.05, 4.69) is 15.3 Å². The fourth-order valence-corrected chi connectivity index (χ4v) is 3.33. The highest BCUT2D eigenvalue weighted by Crippen LogP contribution is 2.36. The first kappa shape index (κ1) is 19.4. The highest BCUT2D eigenvalue weighted by atomic mass is 16.5. The van der Waals surface area contributed by atoms with Gasteiger partial charge in [-0.1, -0.05) is 30.3 Å². The topological polar surface area (TPSA) is 73.3 Å². The molecule has 0 unspecified atom stereocenters. The van der Waals surface area contributed by atoms with E-state index in [4.69, 9.17) is 9.47 Å². The van der Waals surface area contributed by atoms with Crippen LogP contribution in [0.3, 0.4) is 0 Å². The minimum Gasteiger partial charge on any atom is -0.493 e. The summed E-state index contributed by atoms with van der Waals surface area (Å²) in [4.78, 5) is 21.7. The van der Waals surface area contributed by atoms with Gasteiger partial charge >= 0.3 is 0 Å². The van der Waals surface area contributed by atoms with Crippen molar-refractivity contribution in [1.29, 1.82) is 0 Å². The quantitative estimate of drug-likeness (QED) is 0.518. The van der Waals surface area contributed by atoms with Crippen LogP contribution in [0.25, 0.3) is 22.2 Å². The van der Waals surface area contributed by atoms with Crippen molar-refractivity contribution in [2.45, 2.75) is 6.92 Å². The monoisotopic (exact) mass is 399 g/mol. The second-order valence-corrected chi connectivity index (χ2v) is 6.74. The van der Waals surface area contributed by atoms with Gasteiger partial charge in [-0.3, -0.25) is 4.79 Å². The van der Waals surface area contributed by atoms with Crippen LogP contribution in [0.15, 0.2) is 66.7 Å². The summed E-state index contributed by atoms with van der Waals surface area (Å²) < 4.78 is 10.9. The summed E-state index contributed by atoms with van der Waals surface area (Å²) >= 11 is 0. The molecule has 0 aliphatic carbocycles. The van der Waals surface area contributed by atoms with E-state index < -0.39 is 0 Å². The van der Waals surface area contributed by atoms with E-state index in [-0.39, 0.29) is 5.91 Å². The first-order chi connectivity index (χ1) is 14.6. The van der Waals surface area contributed by atoms with Crippen molar-refractivity contribution in [2.75, 3.05) is 19.5 Å². The highest BCUT2D eigenvalue weighted by molar-refractivity contribution is 6.04. The number of rotatable bonds is 5. The molecular formula is C24H21N3O3. The zero-order valence-electron chi connectivity index (χ0n) is 17.0. The molecule has 30 heavy (non-hydrogen) atoms. The van der Waals surface area contributed by atoms with Gasteiger partial charge in [0.1, 0.15) is 5.82 Å². The Hall–Kier alpha value is -3.93. The molecular weight excluding hydrogens is 378 g/mol. The zero-order chi connectivity index (χ0) is 21.1. The predicted octanol–water partition coefficient (Wildman–Crippen LogP) is 4.87. The maximum Gasteiger partial charge on any atom is 0.255 e. The van der Waals surface area contributed by atoms with Crippen LogP contribution in [-0.4, -0.2) is 30.1 Å². The SMILES string of the molecule is COc1cc2nc(C)nc(-c3cccc(NC(=O)c4ccccc4)c3)c2cc1OC. The van der Waals surface area contributed by atoms with Crippen LogP contribution in [0.4, 0.5) is 5.69 Å². The number of aromatic nitrogens is 2. The molecule has 1 N–H and O–H groups in total. The Balaban J connectivity index is 1.77. The van der Waals surface area contributed by atoms with Crippen LogP contribution in [0.2, 0.25) is 0 Å². The van der Waals surface area contributed by atoms with Crippen molar-refractivity contribution >= 4 is 22.5 Å². The minimum absolute atomic E-state index is 0.164. The van der Waals surface area contributed by atoms with Crippen molar-refractivity contribution in [3.05, 3.63) is 78.1 Å². The van der Waals surface area contributed by atoms with E-state index in [1.807, 2.05) is 61.5 Å². The lowest BCUT2D eigenvalue weighted by Crippen LogP contribution is -2.11. The van der Waals surface area contributed by atoms with Gasteiger partial charge in [-0.2, -0.15) is 0 Å². The first-order valence-corrected chi connectivity index (χ1v) is 9.46. The van der Waals surface area contributed by atoms with Crippen LogP contribution >= 0.6 is 0 Å². The first-order valence-electron chi connectivity index (χ1n) is 9.46. The number of nitrogens with zero attached hydrogens (tertiary/aromatic N) is 2. The third-order valence-electron chi connectivity index (χ3n) is 4.74. The van der Waals surface area contributed by atoms with Gasteiger partial charge in [0.05, 0.1) is 25.4 Å². The largest absolute Gasteiger partial charge is 0.493 e.